The molecule has 2 atom stereocenters. The van der Waals surface area contributed by atoms with Crippen LogP contribution in [0.2, 0.25) is 0 Å². The van der Waals surface area contributed by atoms with E-state index in [1.807, 2.05) is 0 Å². The Balaban J connectivity index is 1.92. The van der Waals surface area contributed by atoms with Crippen LogP contribution >= 0.6 is 0 Å². The first-order valence-corrected chi connectivity index (χ1v) is 6.49. The molecule has 2 heterocycles. The summed E-state index contributed by atoms with van der Waals surface area (Å²) in [6.45, 7) is 3.88. The van der Waals surface area contributed by atoms with E-state index in [1.165, 1.54) is 51.6 Å². The molecule has 88 valence electrons. The number of aliphatic hydroxyl groups excluding tert-OH is 1. The van der Waals surface area contributed by atoms with Crippen molar-refractivity contribution in [1.29, 1.82) is 0 Å². The van der Waals surface area contributed by atoms with Crippen LogP contribution in [0.4, 0.5) is 0 Å². The number of piperidine rings is 1. The van der Waals surface area contributed by atoms with Crippen molar-refractivity contribution in [2.75, 3.05) is 26.2 Å². The summed E-state index contributed by atoms with van der Waals surface area (Å²) in [6, 6.07) is 1.17. The van der Waals surface area contributed by atoms with Gasteiger partial charge in [-0.05, 0) is 51.7 Å². The summed E-state index contributed by atoms with van der Waals surface area (Å²) < 4.78 is 0. The van der Waals surface area contributed by atoms with Crippen molar-refractivity contribution in [2.45, 2.75) is 50.6 Å². The molecule has 0 aromatic rings. The summed E-state index contributed by atoms with van der Waals surface area (Å²) >= 11 is 0. The Morgan fingerprint density at radius 2 is 2.00 bits per heavy atom. The molecular formula is C12H24N2O. The molecule has 2 rings (SSSR count). The third-order valence-electron chi connectivity index (χ3n) is 3.90. The number of aliphatic hydroxyl groups is 1. The van der Waals surface area contributed by atoms with Gasteiger partial charge in [-0.2, -0.15) is 0 Å². The molecular weight excluding hydrogens is 188 g/mol. The van der Waals surface area contributed by atoms with Crippen LogP contribution in [0.5, 0.6) is 0 Å². The zero-order valence-electron chi connectivity index (χ0n) is 9.62. The van der Waals surface area contributed by atoms with Gasteiger partial charge < -0.3 is 10.4 Å². The highest BCUT2D eigenvalue weighted by Gasteiger charge is 2.28. The van der Waals surface area contributed by atoms with Gasteiger partial charge in [-0.25, -0.2) is 0 Å². The van der Waals surface area contributed by atoms with E-state index < -0.39 is 0 Å². The average molecular weight is 212 g/mol. The summed E-state index contributed by atoms with van der Waals surface area (Å²) in [5.41, 5.74) is 0. The number of likely N-dealkylation sites (tertiary alicyclic amines) is 1. The predicted octanol–water partition coefficient (Wildman–Crippen LogP) is 0.975. The highest BCUT2D eigenvalue weighted by molar-refractivity contribution is 4.84. The lowest BCUT2D eigenvalue weighted by Gasteiger charge is -2.40. The normalized spacial score (nSPS) is 35.0. The number of rotatable bonds is 2. The van der Waals surface area contributed by atoms with E-state index in [2.05, 4.69) is 10.2 Å². The van der Waals surface area contributed by atoms with E-state index >= 15 is 0 Å². The van der Waals surface area contributed by atoms with E-state index in [-0.39, 0.29) is 0 Å². The molecule has 0 aromatic heterocycles. The van der Waals surface area contributed by atoms with Crippen molar-refractivity contribution in [1.82, 2.24) is 10.2 Å². The van der Waals surface area contributed by atoms with Crippen LogP contribution in [0.25, 0.3) is 0 Å². The Hall–Kier alpha value is -0.120. The molecule has 0 saturated carbocycles. The molecule has 2 aliphatic heterocycles. The second kappa shape index (κ2) is 5.83. The fraction of sp³-hybridized carbons (Fsp3) is 1.00. The molecule has 0 aromatic carbocycles. The van der Waals surface area contributed by atoms with Crippen LogP contribution in [0.15, 0.2) is 0 Å². The monoisotopic (exact) mass is 212 g/mol. The molecule has 3 nitrogen and oxygen atoms in total. The third kappa shape index (κ3) is 2.92. The lowest BCUT2D eigenvalue weighted by molar-refractivity contribution is 0.0482. The molecule has 2 aliphatic rings. The Bertz CT molecular complexity index is 178. The molecule has 2 saturated heterocycles. The zero-order valence-corrected chi connectivity index (χ0v) is 9.62. The predicted molar refractivity (Wildman–Crippen MR) is 61.9 cm³/mol. The fourth-order valence-corrected chi connectivity index (χ4v) is 3.03. The number of nitrogens with one attached hydrogen (secondary N) is 1. The summed E-state index contributed by atoms with van der Waals surface area (Å²) in [7, 11) is 0. The minimum absolute atomic E-state index is 0.351. The molecule has 0 amide bonds. The van der Waals surface area contributed by atoms with Crippen LogP contribution in [-0.4, -0.2) is 48.3 Å². The van der Waals surface area contributed by atoms with Gasteiger partial charge in [0.1, 0.15) is 0 Å². The Labute approximate surface area is 92.8 Å². The smallest absolute Gasteiger partial charge is 0.0586 e. The number of nitrogens with zero attached hydrogens (tertiary/aromatic N) is 1. The van der Waals surface area contributed by atoms with Crippen LogP contribution in [-0.2, 0) is 0 Å². The summed E-state index contributed by atoms with van der Waals surface area (Å²) in [4.78, 5) is 2.58. The highest BCUT2D eigenvalue weighted by atomic mass is 16.3. The largest absolute Gasteiger partial charge is 0.395 e. The third-order valence-corrected chi connectivity index (χ3v) is 3.90. The molecule has 2 N–H and O–H groups in total. The SMILES string of the molecule is OCC1CCCCN1C1CCCNCC1. The lowest BCUT2D eigenvalue weighted by atomic mass is 9.97. The molecule has 0 radical (unpaired) electrons. The van der Waals surface area contributed by atoms with E-state index in [4.69, 9.17) is 0 Å². The van der Waals surface area contributed by atoms with Crippen molar-refractivity contribution in [3.63, 3.8) is 0 Å². The van der Waals surface area contributed by atoms with Gasteiger partial charge >= 0.3 is 0 Å². The van der Waals surface area contributed by atoms with Gasteiger partial charge in [0.25, 0.3) is 0 Å². The van der Waals surface area contributed by atoms with Crippen LogP contribution < -0.4 is 5.32 Å². The van der Waals surface area contributed by atoms with Crippen molar-refractivity contribution < 1.29 is 5.11 Å². The summed E-state index contributed by atoms with van der Waals surface area (Å²) in [6.07, 6.45) is 7.67. The fourth-order valence-electron chi connectivity index (χ4n) is 3.03. The summed E-state index contributed by atoms with van der Waals surface area (Å²) in [5, 5.41) is 12.9. The minimum atomic E-state index is 0.351. The number of hydrogen-bond acceptors (Lipinski definition) is 3. The highest BCUT2D eigenvalue weighted by Crippen LogP contribution is 2.23. The zero-order chi connectivity index (χ0) is 10.5. The van der Waals surface area contributed by atoms with Crippen molar-refractivity contribution in [3.8, 4) is 0 Å². The molecule has 15 heavy (non-hydrogen) atoms. The minimum Gasteiger partial charge on any atom is -0.395 e. The maximum Gasteiger partial charge on any atom is 0.0586 e. The van der Waals surface area contributed by atoms with Crippen LogP contribution in [0.3, 0.4) is 0 Å². The maximum atomic E-state index is 9.41. The lowest BCUT2D eigenvalue weighted by Crippen LogP contribution is -2.48. The summed E-state index contributed by atoms with van der Waals surface area (Å²) in [5.74, 6) is 0. The van der Waals surface area contributed by atoms with Crippen molar-refractivity contribution in [3.05, 3.63) is 0 Å². The van der Waals surface area contributed by atoms with Crippen LogP contribution in [0, 0.1) is 0 Å². The van der Waals surface area contributed by atoms with Gasteiger partial charge in [-0.3, -0.25) is 4.90 Å². The van der Waals surface area contributed by atoms with Gasteiger partial charge in [-0.1, -0.05) is 6.42 Å². The van der Waals surface area contributed by atoms with Gasteiger partial charge in [-0.15, -0.1) is 0 Å². The van der Waals surface area contributed by atoms with Gasteiger partial charge in [0.05, 0.1) is 6.61 Å². The first-order valence-electron chi connectivity index (χ1n) is 6.49. The average Bonchev–Trinajstić information content (AvgIpc) is 2.57. The van der Waals surface area contributed by atoms with Crippen LogP contribution in [0.1, 0.15) is 38.5 Å². The Morgan fingerprint density at radius 3 is 2.87 bits per heavy atom. The first kappa shape index (κ1) is 11.4. The number of hydrogen-bond donors (Lipinski definition) is 2. The van der Waals surface area contributed by atoms with E-state index in [0.717, 1.165) is 12.6 Å². The van der Waals surface area contributed by atoms with Crippen molar-refractivity contribution >= 4 is 0 Å². The Morgan fingerprint density at radius 1 is 1.07 bits per heavy atom. The maximum absolute atomic E-state index is 9.41. The molecule has 2 fully saturated rings. The Kier molecular flexibility index (Phi) is 4.42. The van der Waals surface area contributed by atoms with E-state index in [0.29, 0.717) is 12.6 Å². The van der Waals surface area contributed by atoms with Gasteiger partial charge in [0, 0.05) is 12.1 Å². The quantitative estimate of drug-likeness (QED) is 0.716. The topological polar surface area (TPSA) is 35.5 Å². The van der Waals surface area contributed by atoms with Gasteiger partial charge in [0.2, 0.25) is 0 Å². The molecule has 0 spiro atoms. The molecule has 2 unspecified atom stereocenters. The van der Waals surface area contributed by atoms with E-state index in [1.54, 1.807) is 0 Å². The molecule has 0 bridgehead atoms. The van der Waals surface area contributed by atoms with Gasteiger partial charge in [0.15, 0.2) is 0 Å². The second-order valence-electron chi connectivity index (χ2n) is 4.90. The van der Waals surface area contributed by atoms with E-state index in [9.17, 15) is 5.11 Å². The molecule has 3 heteroatoms. The first-order chi connectivity index (χ1) is 7.42. The van der Waals surface area contributed by atoms with Crippen molar-refractivity contribution in [2.24, 2.45) is 0 Å². The second-order valence-corrected chi connectivity index (χ2v) is 4.90. The molecule has 0 aliphatic carbocycles. The standard InChI is InChI=1S/C12H24N2O/c15-10-12-4-1-2-9-14(12)11-5-3-7-13-8-6-11/h11-13,15H,1-10H2.